The highest BCUT2D eigenvalue weighted by Gasteiger charge is 2.35. The molecule has 0 aliphatic rings. The molecular formula is C26H34N4O5. The molecule has 0 fully saturated rings. The molecule has 9 heteroatoms. The molecule has 2 aromatic carbocycles. The van der Waals surface area contributed by atoms with Gasteiger partial charge >= 0.3 is 6.09 Å². The Morgan fingerprint density at radius 2 is 1.60 bits per heavy atom. The van der Waals surface area contributed by atoms with Gasteiger partial charge in [-0.1, -0.05) is 48.0 Å². The molecule has 0 saturated carbocycles. The van der Waals surface area contributed by atoms with Gasteiger partial charge in [0.25, 0.3) is 5.91 Å². The van der Waals surface area contributed by atoms with E-state index in [9.17, 15) is 19.2 Å². The lowest BCUT2D eigenvalue weighted by Gasteiger charge is -2.31. The summed E-state index contributed by atoms with van der Waals surface area (Å²) in [5, 5.41) is 5.29. The maximum absolute atomic E-state index is 13.5. The SMILES string of the molecule is Cc1ccc(C(C(=O)Nc2ccccc2C)N(C)C(=O)C(CC(N)=O)NC(=O)OC(C)(C)C)cc1. The van der Waals surface area contributed by atoms with Gasteiger partial charge < -0.3 is 26.0 Å². The fourth-order valence-corrected chi connectivity index (χ4v) is 3.44. The monoisotopic (exact) mass is 482 g/mol. The smallest absolute Gasteiger partial charge is 0.408 e. The molecule has 9 nitrogen and oxygen atoms in total. The molecule has 0 radical (unpaired) electrons. The molecule has 0 aromatic heterocycles. The Bertz CT molecular complexity index is 1080. The van der Waals surface area contributed by atoms with Crippen molar-refractivity contribution in [2.24, 2.45) is 5.73 Å². The van der Waals surface area contributed by atoms with Crippen LogP contribution in [-0.4, -0.2) is 47.4 Å². The van der Waals surface area contributed by atoms with Crippen LogP contribution in [0.1, 0.15) is 49.9 Å². The third-order valence-electron chi connectivity index (χ3n) is 5.17. The van der Waals surface area contributed by atoms with Crippen molar-refractivity contribution in [3.63, 3.8) is 0 Å². The molecule has 4 amide bonds. The van der Waals surface area contributed by atoms with Crippen molar-refractivity contribution in [1.82, 2.24) is 10.2 Å². The summed E-state index contributed by atoms with van der Waals surface area (Å²) in [6.07, 6.45) is -1.33. The van der Waals surface area contributed by atoms with Crippen LogP contribution in [0.3, 0.4) is 0 Å². The lowest BCUT2D eigenvalue weighted by atomic mass is 10.0. The lowest BCUT2D eigenvalue weighted by molar-refractivity contribution is -0.140. The second-order valence-corrected chi connectivity index (χ2v) is 9.44. The minimum Gasteiger partial charge on any atom is -0.444 e. The van der Waals surface area contributed by atoms with Crippen LogP contribution in [-0.2, 0) is 19.1 Å². The number of benzene rings is 2. The quantitative estimate of drug-likeness (QED) is 0.532. The van der Waals surface area contributed by atoms with E-state index in [4.69, 9.17) is 10.5 Å². The van der Waals surface area contributed by atoms with E-state index in [1.807, 2.05) is 38.1 Å². The molecule has 0 aliphatic carbocycles. The number of amides is 4. The minimum absolute atomic E-state index is 0.450. The number of anilines is 1. The Morgan fingerprint density at radius 3 is 2.14 bits per heavy atom. The molecule has 4 N–H and O–H groups in total. The van der Waals surface area contributed by atoms with Crippen molar-refractivity contribution in [3.8, 4) is 0 Å². The molecule has 2 aromatic rings. The first kappa shape index (κ1) is 27.4. The topological polar surface area (TPSA) is 131 Å². The van der Waals surface area contributed by atoms with Gasteiger partial charge in [0.2, 0.25) is 11.8 Å². The van der Waals surface area contributed by atoms with E-state index < -0.39 is 47.9 Å². The number of nitrogens with zero attached hydrogens (tertiary/aromatic N) is 1. The number of para-hydroxylation sites is 1. The summed E-state index contributed by atoms with van der Waals surface area (Å²) in [6.45, 7) is 8.79. The average Bonchev–Trinajstić information content (AvgIpc) is 2.74. The van der Waals surface area contributed by atoms with Crippen molar-refractivity contribution < 1.29 is 23.9 Å². The number of hydrogen-bond donors (Lipinski definition) is 3. The third-order valence-corrected chi connectivity index (χ3v) is 5.17. The molecule has 0 aliphatic heterocycles. The summed E-state index contributed by atoms with van der Waals surface area (Å²) in [4.78, 5) is 52.1. The summed E-state index contributed by atoms with van der Waals surface area (Å²) >= 11 is 0. The summed E-state index contributed by atoms with van der Waals surface area (Å²) in [5.74, 6) is -1.90. The predicted octanol–water partition coefficient (Wildman–Crippen LogP) is 3.21. The molecule has 188 valence electrons. The second-order valence-electron chi connectivity index (χ2n) is 9.44. The van der Waals surface area contributed by atoms with Crippen molar-refractivity contribution in [3.05, 3.63) is 65.2 Å². The number of alkyl carbamates (subject to hydrolysis) is 1. The van der Waals surface area contributed by atoms with Gasteiger partial charge in [-0.05, 0) is 51.8 Å². The molecule has 2 rings (SSSR count). The number of rotatable bonds is 8. The van der Waals surface area contributed by atoms with E-state index in [-0.39, 0.29) is 0 Å². The maximum Gasteiger partial charge on any atom is 0.408 e. The molecule has 0 bridgehead atoms. The molecule has 0 spiro atoms. The van der Waals surface area contributed by atoms with Crippen LogP contribution < -0.4 is 16.4 Å². The molecule has 35 heavy (non-hydrogen) atoms. The zero-order valence-corrected chi connectivity index (χ0v) is 21.0. The summed E-state index contributed by atoms with van der Waals surface area (Å²) in [6, 6.07) is 12.1. The number of ether oxygens (including phenoxy) is 1. The highest BCUT2D eigenvalue weighted by molar-refractivity contribution is 6.00. The number of hydrogen-bond acceptors (Lipinski definition) is 5. The van der Waals surface area contributed by atoms with Crippen molar-refractivity contribution in [2.45, 2.75) is 58.7 Å². The average molecular weight is 483 g/mol. The Kier molecular flexibility index (Phi) is 8.99. The Labute approximate surface area is 206 Å². The van der Waals surface area contributed by atoms with E-state index in [1.54, 1.807) is 45.0 Å². The fourth-order valence-electron chi connectivity index (χ4n) is 3.44. The highest BCUT2D eigenvalue weighted by atomic mass is 16.6. The van der Waals surface area contributed by atoms with E-state index in [0.29, 0.717) is 11.3 Å². The Morgan fingerprint density at radius 1 is 1.00 bits per heavy atom. The van der Waals surface area contributed by atoms with Crippen LogP contribution in [0.15, 0.2) is 48.5 Å². The second kappa shape index (κ2) is 11.5. The molecule has 2 unspecified atom stereocenters. The predicted molar refractivity (Wildman–Crippen MR) is 133 cm³/mol. The Balaban J connectivity index is 2.38. The van der Waals surface area contributed by atoms with Crippen molar-refractivity contribution in [1.29, 1.82) is 0 Å². The number of likely N-dealkylation sites (N-methyl/N-ethyl adjacent to an activating group) is 1. The molecular weight excluding hydrogens is 448 g/mol. The van der Waals surface area contributed by atoms with E-state index in [2.05, 4.69) is 10.6 Å². The van der Waals surface area contributed by atoms with Gasteiger partial charge in [-0.15, -0.1) is 0 Å². The van der Waals surface area contributed by atoms with Gasteiger partial charge in [-0.3, -0.25) is 14.4 Å². The van der Waals surface area contributed by atoms with Crippen LogP contribution in [0.5, 0.6) is 0 Å². The van der Waals surface area contributed by atoms with E-state index >= 15 is 0 Å². The van der Waals surface area contributed by atoms with Crippen LogP contribution >= 0.6 is 0 Å². The number of carbonyl (C=O) groups is 4. The summed E-state index contributed by atoms with van der Waals surface area (Å²) in [5.41, 5.74) is 7.54. The first-order valence-corrected chi connectivity index (χ1v) is 11.3. The highest BCUT2D eigenvalue weighted by Crippen LogP contribution is 2.25. The van der Waals surface area contributed by atoms with Gasteiger partial charge in [0.05, 0.1) is 6.42 Å². The fraction of sp³-hybridized carbons (Fsp3) is 0.385. The van der Waals surface area contributed by atoms with E-state index in [1.165, 1.54) is 11.9 Å². The van der Waals surface area contributed by atoms with Crippen LogP contribution in [0.2, 0.25) is 0 Å². The van der Waals surface area contributed by atoms with Crippen molar-refractivity contribution in [2.75, 3.05) is 12.4 Å². The third kappa shape index (κ3) is 8.13. The normalized spacial score (nSPS) is 12.7. The summed E-state index contributed by atoms with van der Waals surface area (Å²) < 4.78 is 5.23. The zero-order chi connectivity index (χ0) is 26.3. The number of primary amides is 1. The Hall–Kier alpha value is -3.88. The van der Waals surface area contributed by atoms with Crippen LogP contribution in [0.25, 0.3) is 0 Å². The molecule has 0 saturated heterocycles. The van der Waals surface area contributed by atoms with E-state index in [0.717, 1.165) is 11.1 Å². The first-order chi connectivity index (χ1) is 16.3. The minimum atomic E-state index is -1.31. The molecule has 0 heterocycles. The number of nitrogens with one attached hydrogen (secondary N) is 2. The van der Waals surface area contributed by atoms with Crippen LogP contribution in [0, 0.1) is 13.8 Å². The maximum atomic E-state index is 13.5. The number of carbonyl (C=O) groups excluding carboxylic acids is 4. The number of aryl methyl sites for hydroxylation is 2. The van der Waals surface area contributed by atoms with Gasteiger partial charge in [0.1, 0.15) is 17.7 Å². The first-order valence-electron chi connectivity index (χ1n) is 11.3. The zero-order valence-electron chi connectivity index (χ0n) is 21.0. The lowest BCUT2D eigenvalue weighted by Crippen LogP contribution is -2.52. The van der Waals surface area contributed by atoms with Gasteiger partial charge in [0.15, 0.2) is 0 Å². The van der Waals surface area contributed by atoms with Gasteiger partial charge in [-0.25, -0.2) is 4.79 Å². The summed E-state index contributed by atoms with van der Waals surface area (Å²) in [7, 11) is 1.44. The largest absolute Gasteiger partial charge is 0.444 e. The van der Waals surface area contributed by atoms with Gasteiger partial charge in [0, 0.05) is 12.7 Å². The molecule has 2 atom stereocenters. The van der Waals surface area contributed by atoms with Crippen LogP contribution in [0.4, 0.5) is 10.5 Å². The van der Waals surface area contributed by atoms with Gasteiger partial charge in [-0.2, -0.15) is 0 Å². The van der Waals surface area contributed by atoms with Crippen molar-refractivity contribution >= 4 is 29.5 Å². The standard InChI is InChI=1S/C26H34N4O5/c1-16-11-13-18(14-12-16)22(23(32)28-19-10-8-7-9-17(19)2)30(6)24(33)20(15-21(27)31)29-25(34)35-26(3,4)5/h7-14,20,22H,15H2,1-6H3,(H2,27,31)(H,28,32)(H,29,34). The number of nitrogens with two attached hydrogens (primary N) is 1.